The van der Waals surface area contributed by atoms with Gasteiger partial charge in [-0.3, -0.25) is 4.79 Å². The standard InChI is InChI=1S/C7H13NO3.ClH/c9-4-6-2-1-5(3-8-6)7(10)11;/h5-6,8-9H,1-4H2,(H,10,11);1H/t5-,6-;/m1./s1. The summed E-state index contributed by atoms with van der Waals surface area (Å²) in [4.78, 5) is 10.4. The Kier molecular flexibility index (Phi) is 5.20. The molecule has 2 atom stereocenters. The molecular weight excluding hydrogens is 182 g/mol. The van der Waals surface area contributed by atoms with E-state index in [1.165, 1.54) is 0 Å². The molecule has 0 aromatic heterocycles. The number of rotatable bonds is 2. The maximum absolute atomic E-state index is 10.4. The zero-order valence-electron chi connectivity index (χ0n) is 6.69. The van der Waals surface area contributed by atoms with Crippen molar-refractivity contribution < 1.29 is 15.0 Å². The number of hydrogen-bond acceptors (Lipinski definition) is 3. The van der Waals surface area contributed by atoms with Crippen LogP contribution in [0.25, 0.3) is 0 Å². The van der Waals surface area contributed by atoms with Crippen LogP contribution in [0.15, 0.2) is 0 Å². The number of aliphatic carboxylic acids is 1. The Morgan fingerprint density at radius 1 is 1.50 bits per heavy atom. The second-order valence-electron chi connectivity index (χ2n) is 2.90. The van der Waals surface area contributed by atoms with Crippen LogP contribution in [0.2, 0.25) is 0 Å². The van der Waals surface area contributed by atoms with Gasteiger partial charge in [-0.05, 0) is 12.8 Å². The number of aliphatic hydroxyl groups excluding tert-OH is 1. The van der Waals surface area contributed by atoms with E-state index in [-0.39, 0.29) is 31.0 Å². The smallest absolute Gasteiger partial charge is 0.307 e. The number of piperidine rings is 1. The van der Waals surface area contributed by atoms with Crippen LogP contribution in [-0.4, -0.2) is 35.4 Å². The van der Waals surface area contributed by atoms with Crippen LogP contribution in [0.1, 0.15) is 12.8 Å². The van der Waals surface area contributed by atoms with Crippen LogP contribution in [0.3, 0.4) is 0 Å². The first-order valence-electron chi connectivity index (χ1n) is 3.81. The molecule has 0 radical (unpaired) electrons. The fourth-order valence-electron chi connectivity index (χ4n) is 1.28. The molecule has 1 fully saturated rings. The Morgan fingerprint density at radius 3 is 2.50 bits per heavy atom. The van der Waals surface area contributed by atoms with Gasteiger partial charge in [0.15, 0.2) is 0 Å². The molecule has 0 saturated carbocycles. The van der Waals surface area contributed by atoms with Crippen LogP contribution >= 0.6 is 12.4 Å². The number of hydrogen-bond donors (Lipinski definition) is 3. The van der Waals surface area contributed by atoms with Gasteiger partial charge in [-0.2, -0.15) is 0 Å². The third kappa shape index (κ3) is 2.97. The SMILES string of the molecule is Cl.O=C(O)[C@@H]1CC[C@H](CO)NC1. The molecule has 0 amide bonds. The molecule has 0 bridgehead atoms. The largest absolute Gasteiger partial charge is 0.481 e. The zero-order chi connectivity index (χ0) is 8.27. The monoisotopic (exact) mass is 195 g/mol. The summed E-state index contributed by atoms with van der Waals surface area (Å²) in [7, 11) is 0. The lowest BCUT2D eigenvalue weighted by Gasteiger charge is -2.25. The topological polar surface area (TPSA) is 69.6 Å². The summed E-state index contributed by atoms with van der Waals surface area (Å²) in [6.45, 7) is 0.590. The quantitative estimate of drug-likeness (QED) is 0.574. The van der Waals surface area contributed by atoms with Crippen molar-refractivity contribution in [2.24, 2.45) is 5.92 Å². The minimum atomic E-state index is -0.742. The summed E-state index contributed by atoms with van der Waals surface area (Å²) >= 11 is 0. The van der Waals surface area contributed by atoms with Gasteiger partial charge in [-0.15, -0.1) is 12.4 Å². The van der Waals surface area contributed by atoms with Gasteiger partial charge in [0.1, 0.15) is 0 Å². The van der Waals surface area contributed by atoms with E-state index < -0.39 is 5.97 Å². The maximum atomic E-state index is 10.4. The third-order valence-electron chi connectivity index (χ3n) is 2.09. The minimum Gasteiger partial charge on any atom is -0.481 e. The van der Waals surface area contributed by atoms with E-state index >= 15 is 0 Å². The summed E-state index contributed by atoms with van der Waals surface area (Å²) in [5.41, 5.74) is 0. The van der Waals surface area contributed by atoms with Crippen molar-refractivity contribution in [1.29, 1.82) is 0 Å². The molecule has 0 unspecified atom stereocenters. The van der Waals surface area contributed by atoms with E-state index in [2.05, 4.69) is 5.32 Å². The number of carboxylic acid groups (broad SMARTS) is 1. The predicted octanol–water partition coefficient (Wildman–Crippen LogP) is -0.147. The third-order valence-corrected chi connectivity index (χ3v) is 2.09. The van der Waals surface area contributed by atoms with Crippen molar-refractivity contribution in [3.05, 3.63) is 0 Å². The van der Waals surface area contributed by atoms with Gasteiger partial charge in [0.2, 0.25) is 0 Å². The molecule has 1 saturated heterocycles. The molecule has 1 aliphatic rings. The van der Waals surface area contributed by atoms with E-state index in [9.17, 15) is 4.79 Å². The zero-order valence-corrected chi connectivity index (χ0v) is 7.51. The van der Waals surface area contributed by atoms with Crippen molar-refractivity contribution in [3.63, 3.8) is 0 Å². The Balaban J connectivity index is 0.00000121. The predicted molar refractivity (Wildman–Crippen MR) is 46.5 cm³/mol. The molecule has 1 heterocycles. The lowest BCUT2D eigenvalue weighted by atomic mass is 9.95. The van der Waals surface area contributed by atoms with Crippen molar-refractivity contribution in [1.82, 2.24) is 5.32 Å². The van der Waals surface area contributed by atoms with E-state index in [4.69, 9.17) is 10.2 Å². The highest BCUT2D eigenvalue weighted by atomic mass is 35.5. The number of carboxylic acids is 1. The molecule has 0 aliphatic carbocycles. The Bertz CT molecular complexity index is 146. The first-order valence-corrected chi connectivity index (χ1v) is 3.81. The van der Waals surface area contributed by atoms with E-state index in [0.717, 1.165) is 6.42 Å². The molecule has 3 N–H and O–H groups in total. The highest BCUT2D eigenvalue weighted by Crippen LogP contribution is 2.13. The molecule has 1 rings (SSSR count). The minimum absolute atomic E-state index is 0. The maximum Gasteiger partial charge on any atom is 0.307 e. The summed E-state index contributed by atoms with van der Waals surface area (Å²) < 4.78 is 0. The van der Waals surface area contributed by atoms with Crippen LogP contribution in [0.4, 0.5) is 0 Å². The van der Waals surface area contributed by atoms with Gasteiger partial charge >= 0.3 is 5.97 Å². The van der Waals surface area contributed by atoms with Gasteiger partial charge in [0.05, 0.1) is 12.5 Å². The fourth-order valence-corrected chi connectivity index (χ4v) is 1.28. The van der Waals surface area contributed by atoms with Gasteiger partial charge in [-0.1, -0.05) is 0 Å². The molecular formula is C7H14ClNO3. The molecule has 72 valence electrons. The van der Waals surface area contributed by atoms with Gasteiger partial charge < -0.3 is 15.5 Å². The molecule has 0 spiro atoms. The lowest BCUT2D eigenvalue weighted by Crippen LogP contribution is -2.43. The lowest BCUT2D eigenvalue weighted by molar-refractivity contribution is -0.142. The first kappa shape index (κ1) is 11.7. The second kappa shape index (κ2) is 5.35. The van der Waals surface area contributed by atoms with Gasteiger partial charge in [-0.25, -0.2) is 0 Å². The summed E-state index contributed by atoms with van der Waals surface area (Å²) in [6, 6.07) is 0.102. The highest BCUT2D eigenvalue weighted by molar-refractivity contribution is 5.85. The summed E-state index contributed by atoms with van der Waals surface area (Å²) in [6.07, 6.45) is 1.43. The van der Waals surface area contributed by atoms with Crippen molar-refractivity contribution in [2.45, 2.75) is 18.9 Å². The Labute approximate surface area is 77.4 Å². The van der Waals surface area contributed by atoms with E-state index in [0.29, 0.717) is 13.0 Å². The van der Waals surface area contributed by atoms with Crippen LogP contribution < -0.4 is 5.32 Å². The average molecular weight is 196 g/mol. The Morgan fingerprint density at radius 2 is 2.17 bits per heavy atom. The molecule has 4 nitrogen and oxygen atoms in total. The fraction of sp³-hybridized carbons (Fsp3) is 0.857. The summed E-state index contributed by atoms with van der Waals surface area (Å²) in [5.74, 6) is -1.01. The van der Waals surface area contributed by atoms with Gasteiger partial charge in [0, 0.05) is 12.6 Å². The van der Waals surface area contributed by atoms with Crippen LogP contribution in [0, 0.1) is 5.92 Å². The van der Waals surface area contributed by atoms with Crippen molar-refractivity contribution in [3.8, 4) is 0 Å². The molecule has 1 aliphatic heterocycles. The van der Waals surface area contributed by atoms with E-state index in [1.54, 1.807) is 0 Å². The van der Waals surface area contributed by atoms with Crippen LogP contribution in [0.5, 0.6) is 0 Å². The van der Waals surface area contributed by atoms with Crippen molar-refractivity contribution in [2.75, 3.05) is 13.2 Å². The molecule has 0 aromatic rings. The molecule has 5 heteroatoms. The van der Waals surface area contributed by atoms with E-state index in [1.807, 2.05) is 0 Å². The molecule has 12 heavy (non-hydrogen) atoms. The van der Waals surface area contributed by atoms with Crippen LogP contribution in [-0.2, 0) is 4.79 Å². The Hall–Kier alpha value is -0.320. The highest BCUT2D eigenvalue weighted by Gasteiger charge is 2.24. The number of nitrogens with one attached hydrogen (secondary N) is 1. The normalized spacial score (nSPS) is 29.1. The number of aliphatic hydroxyl groups is 1. The molecule has 0 aromatic carbocycles. The number of carbonyl (C=O) groups is 1. The number of halogens is 1. The van der Waals surface area contributed by atoms with Gasteiger partial charge in [0.25, 0.3) is 0 Å². The average Bonchev–Trinajstić information content (AvgIpc) is 2.05. The summed E-state index contributed by atoms with van der Waals surface area (Å²) in [5, 5.41) is 20.3. The first-order chi connectivity index (χ1) is 5.24. The second-order valence-corrected chi connectivity index (χ2v) is 2.90. The van der Waals surface area contributed by atoms with Crippen molar-refractivity contribution >= 4 is 18.4 Å².